The van der Waals surface area contributed by atoms with Crippen molar-refractivity contribution in [2.24, 2.45) is 0 Å². The highest BCUT2D eigenvalue weighted by Crippen LogP contribution is 2.37. The monoisotopic (exact) mass is 250 g/mol. The largest absolute Gasteiger partial charge is 0.454 e. The van der Waals surface area contributed by atoms with Gasteiger partial charge in [0, 0.05) is 23.5 Å². The Morgan fingerprint density at radius 1 is 1.35 bits per heavy atom. The molecule has 0 atom stereocenters. The number of imidazole rings is 1. The summed E-state index contributed by atoms with van der Waals surface area (Å²) in [5.41, 5.74) is 0.997. The number of fused-ring (bicyclic) bond motifs is 1. The van der Waals surface area contributed by atoms with E-state index in [2.05, 4.69) is 4.98 Å². The van der Waals surface area contributed by atoms with Gasteiger partial charge in [-0.2, -0.15) is 0 Å². The standard InChI is InChI=1S/C12H11ClN2O2/c1-8-14-2-3-15(8)6-9-4-11-12(5-10(9)13)17-7-16-11/h2-5H,6-7H2,1H3. The maximum atomic E-state index is 6.21. The fourth-order valence-corrected chi connectivity index (χ4v) is 2.05. The first-order valence-corrected chi connectivity index (χ1v) is 5.67. The summed E-state index contributed by atoms with van der Waals surface area (Å²) < 4.78 is 12.6. The minimum Gasteiger partial charge on any atom is -0.454 e. The van der Waals surface area contributed by atoms with Crippen LogP contribution < -0.4 is 9.47 Å². The molecular weight excluding hydrogens is 240 g/mol. The van der Waals surface area contributed by atoms with Crippen molar-refractivity contribution in [3.63, 3.8) is 0 Å². The van der Waals surface area contributed by atoms with E-state index < -0.39 is 0 Å². The highest BCUT2D eigenvalue weighted by Gasteiger charge is 2.16. The summed E-state index contributed by atoms with van der Waals surface area (Å²) in [5.74, 6) is 2.42. The molecule has 1 aromatic carbocycles. The van der Waals surface area contributed by atoms with Gasteiger partial charge in [-0.25, -0.2) is 4.98 Å². The Kier molecular flexibility index (Phi) is 2.44. The van der Waals surface area contributed by atoms with Gasteiger partial charge in [0.15, 0.2) is 11.5 Å². The topological polar surface area (TPSA) is 36.3 Å². The van der Waals surface area contributed by atoms with Crippen LogP contribution in [0.25, 0.3) is 0 Å². The van der Waals surface area contributed by atoms with E-state index in [0.717, 1.165) is 17.1 Å². The second-order valence-electron chi connectivity index (χ2n) is 3.90. The van der Waals surface area contributed by atoms with Crippen molar-refractivity contribution >= 4 is 11.6 Å². The van der Waals surface area contributed by atoms with Crippen molar-refractivity contribution in [2.75, 3.05) is 6.79 Å². The smallest absolute Gasteiger partial charge is 0.231 e. The zero-order chi connectivity index (χ0) is 11.8. The van der Waals surface area contributed by atoms with Crippen molar-refractivity contribution in [1.82, 2.24) is 9.55 Å². The van der Waals surface area contributed by atoms with Crippen molar-refractivity contribution in [3.05, 3.63) is 40.9 Å². The predicted molar refractivity (Wildman–Crippen MR) is 63.6 cm³/mol. The Bertz CT molecular complexity index is 566. The summed E-state index contributed by atoms with van der Waals surface area (Å²) in [5, 5.41) is 0.683. The first-order valence-electron chi connectivity index (χ1n) is 5.30. The molecule has 0 unspecified atom stereocenters. The summed E-state index contributed by atoms with van der Waals surface area (Å²) >= 11 is 6.21. The van der Waals surface area contributed by atoms with Gasteiger partial charge in [-0.15, -0.1) is 0 Å². The molecule has 0 bridgehead atoms. The Morgan fingerprint density at radius 3 is 2.82 bits per heavy atom. The third-order valence-corrected chi connectivity index (χ3v) is 3.16. The Balaban J connectivity index is 1.96. The molecule has 0 spiro atoms. The molecule has 2 heterocycles. The third kappa shape index (κ3) is 1.85. The second kappa shape index (κ2) is 3.96. The number of aromatic nitrogens is 2. The molecule has 0 N–H and O–H groups in total. The van der Waals surface area contributed by atoms with Gasteiger partial charge in [0.25, 0.3) is 0 Å². The second-order valence-corrected chi connectivity index (χ2v) is 4.31. The van der Waals surface area contributed by atoms with Crippen molar-refractivity contribution in [1.29, 1.82) is 0 Å². The lowest BCUT2D eigenvalue weighted by atomic mass is 10.2. The minimum absolute atomic E-state index is 0.263. The molecule has 1 aromatic heterocycles. The number of hydrogen-bond donors (Lipinski definition) is 0. The number of rotatable bonds is 2. The van der Waals surface area contributed by atoms with Gasteiger partial charge in [-0.3, -0.25) is 0 Å². The first kappa shape index (κ1) is 10.5. The third-order valence-electron chi connectivity index (χ3n) is 2.81. The van der Waals surface area contributed by atoms with Crippen LogP contribution >= 0.6 is 11.6 Å². The van der Waals surface area contributed by atoms with Crippen LogP contribution in [0.15, 0.2) is 24.5 Å². The number of halogens is 1. The molecule has 0 radical (unpaired) electrons. The molecule has 88 valence electrons. The van der Waals surface area contributed by atoms with Gasteiger partial charge in [0.1, 0.15) is 5.82 Å². The zero-order valence-electron chi connectivity index (χ0n) is 9.31. The van der Waals surface area contributed by atoms with E-state index >= 15 is 0 Å². The molecule has 1 aliphatic rings. The van der Waals surface area contributed by atoms with Crippen LogP contribution in [0.3, 0.4) is 0 Å². The molecule has 0 aliphatic carbocycles. The summed E-state index contributed by atoms with van der Waals surface area (Å²) in [4.78, 5) is 4.18. The summed E-state index contributed by atoms with van der Waals surface area (Å²) in [6.07, 6.45) is 3.70. The number of benzene rings is 1. The number of nitrogens with zero attached hydrogens (tertiary/aromatic N) is 2. The maximum absolute atomic E-state index is 6.21. The van der Waals surface area contributed by atoms with Crippen molar-refractivity contribution in [3.8, 4) is 11.5 Å². The molecule has 0 amide bonds. The van der Waals surface area contributed by atoms with E-state index in [4.69, 9.17) is 21.1 Å². The molecular formula is C12H11ClN2O2. The fourth-order valence-electron chi connectivity index (χ4n) is 1.83. The summed E-state index contributed by atoms with van der Waals surface area (Å²) in [6, 6.07) is 3.72. The fraction of sp³-hybridized carbons (Fsp3) is 0.250. The average molecular weight is 251 g/mol. The van der Waals surface area contributed by atoms with E-state index in [0.29, 0.717) is 17.3 Å². The number of ether oxygens (including phenoxy) is 2. The molecule has 3 rings (SSSR count). The van der Waals surface area contributed by atoms with Crippen LogP contribution in [0, 0.1) is 6.92 Å². The van der Waals surface area contributed by atoms with E-state index in [-0.39, 0.29) is 6.79 Å². The minimum atomic E-state index is 0.263. The number of aryl methyl sites for hydroxylation is 1. The van der Waals surface area contributed by atoms with Crippen LogP contribution in [-0.4, -0.2) is 16.3 Å². The lowest BCUT2D eigenvalue weighted by molar-refractivity contribution is 0.174. The van der Waals surface area contributed by atoms with E-state index in [1.54, 1.807) is 12.3 Å². The normalized spacial score (nSPS) is 13.1. The maximum Gasteiger partial charge on any atom is 0.231 e. The van der Waals surface area contributed by atoms with Gasteiger partial charge in [-0.05, 0) is 18.6 Å². The van der Waals surface area contributed by atoms with Crippen molar-refractivity contribution < 1.29 is 9.47 Å². The lowest BCUT2D eigenvalue weighted by Crippen LogP contribution is -2.01. The SMILES string of the molecule is Cc1nccn1Cc1cc2c(cc1Cl)OCO2. The average Bonchev–Trinajstić information content (AvgIpc) is 2.89. The van der Waals surface area contributed by atoms with Crippen LogP contribution in [0.4, 0.5) is 0 Å². The summed E-state index contributed by atoms with van der Waals surface area (Å²) in [7, 11) is 0. The molecule has 0 fully saturated rings. The number of hydrogen-bond acceptors (Lipinski definition) is 3. The molecule has 2 aromatic rings. The first-order chi connectivity index (χ1) is 8.24. The Hall–Kier alpha value is -1.68. The highest BCUT2D eigenvalue weighted by atomic mass is 35.5. The van der Waals surface area contributed by atoms with E-state index in [9.17, 15) is 0 Å². The van der Waals surface area contributed by atoms with Crippen LogP contribution in [-0.2, 0) is 6.54 Å². The van der Waals surface area contributed by atoms with Gasteiger partial charge < -0.3 is 14.0 Å². The molecule has 17 heavy (non-hydrogen) atoms. The Labute approximate surface area is 104 Å². The quantitative estimate of drug-likeness (QED) is 0.822. The van der Waals surface area contributed by atoms with Gasteiger partial charge in [0.2, 0.25) is 6.79 Å². The highest BCUT2D eigenvalue weighted by molar-refractivity contribution is 6.31. The van der Waals surface area contributed by atoms with Crippen LogP contribution in [0.2, 0.25) is 5.02 Å². The van der Waals surface area contributed by atoms with Crippen LogP contribution in [0.1, 0.15) is 11.4 Å². The van der Waals surface area contributed by atoms with Crippen LogP contribution in [0.5, 0.6) is 11.5 Å². The summed E-state index contributed by atoms with van der Waals surface area (Å²) in [6.45, 7) is 2.90. The van der Waals surface area contributed by atoms with Gasteiger partial charge >= 0.3 is 0 Å². The molecule has 0 saturated carbocycles. The molecule has 5 heteroatoms. The van der Waals surface area contributed by atoms with Gasteiger partial charge in [-0.1, -0.05) is 11.6 Å². The van der Waals surface area contributed by atoms with Gasteiger partial charge in [0.05, 0.1) is 6.54 Å². The van der Waals surface area contributed by atoms with E-state index in [1.165, 1.54) is 0 Å². The van der Waals surface area contributed by atoms with Crippen molar-refractivity contribution in [2.45, 2.75) is 13.5 Å². The zero-order valence-corrected chi connectivity index (χ0v) is 10.1. The Morgan fingerprint density at radius 2 is 2.12 bits per heavy atom. The molecule has 4 nitrogen and oxygen atoms in total. The lowest BCUT2D eigenvalue weighted by Gasteiger charge is -2.08. The molecule has 0 saturated heterocycles. The molecule has 1 aliphatic heterocycles. The van der Waals surface area contributed by atoms with E-state index in [1.807, 2.05) is 23.8 Å². The predicted octanol–water partition coefficient (Wildman–Crippen LogP) is 2.62.